The van der Waals surface area contributed by atoms with Crippen molar-refractivity contribution in [3.05, 3.63) is 28.8 Å². The van der Waals surface area contributed by atoms with Crippen LogP contribution in [-0.4, -0.2) is 80.6 Å². The summed E-state index contributed by atoms with van der Waals surface area (Å²) in [6.45, 7) is -2.39. The van der Waals surface area contributed by atoms with E-state index in [4.69, 9.17) is 0 Å². The van der Waals surface area contributed by atoms with Crippen molar-refractivity contribution in [1.82, 2.24) is 15.1 Å². The van der Waals surface area contributed by atoms with Gasteiger partial charge in [0.05, 0.1) is 10.5 Å². The average Bonchev–Trinajstić information content (AvgIpc) is 3.27. The Morgan fingerprint density at radius 2 is 1.64 bits per heavy atom. The molecule has 0 N–H and O–H groups in total. The van der Waals surface area contributed by atoms with Gasteiger partial charge in [-0.3, -0.25) is 4.79 Å². The van der Waals surface area contributed by atoms with Crippen molar-refractivity contribution < 1.29 is 53.1 Å². The first-order valence-corrected chi connectivity index (χ1v) is 12.5. The first kappa shape index (κ1) is 27.8. The van der Waals surface area contributed by atoms with E-state index < -0.39 is 61.8 Å². The molecule has 8 nitrogen and oxygen atoms in total. The summed E-state index contributed by atoms with van der Waals surface area (Å²) in [6, 6.07) is 2.48. The van der Waals surface area contributed by atoms with Crippen LogP contribution in [0.5, 0.6) is 5.75 Å². The molecule has 2 heterocycles. The quantitative estimate of drug-likeness (QED) is 0.493. The van der Waals surface area contributed by atoms with Crippen LogP contribution in [0.3, 0.4) is 0 Å². The Morgan fingerprint density at radius 3 is 2.14 bits per heavy atom. The number of piperazine rings is 1. The lowest BCUT2D eigenvalue weighted by Crippen LogP contribution is -2.49. The Hall–Kier alpha value is -2.76. The monoisotopic (exact) mass is 568 g/mol. The van der Waals surface area contributed by atoms with Crippen molar-refractivity contribution in [2.75, 3.05) is 43.9 Å². The molecule has 1 fully saturated rings. The summed E-state index contributed by atoms with van der Waals surface area (Å²) in [6.07, 6.45) is -9.81. The summed E-state index contributed by atoms with van der Waals surface area (Å²) in [5.74, 6) is -6.87. The zero-order valence-corrected chi connectivity index (χ0v) is 19.7. The second-order valence-corrected chi connectivity index (χ2v) is 10.6. The number of nitrogens with zero attached hydrogens (tertiary/aromatic N) is 4. The van der Waals surface area contributed by atoms with Gasteiger partial charge in [0.1, 0.15) is 5.75 Å². The molecule has 1 aromatic heterocycles. The Morgan fingerprint density at radius 1 is 1.03 bits per heavy atom. The third kappa shape index (κ3) is 6.13. The third-order valence-electron chi connectivity index (χ3n) is 4.93. The number of benzene rings is 1. The number of carbonyl (C=O) groups is 1. The molecule has 1 saturated heterocycles. The largest absolute Gasteiger partial charge is 0.486 e. The predicted octanol–water partition coefficient (Wildman–Crippen LogP) is 3.50. The summed E-state index contributed by atoms with van der Waals surface area (Å²) in [4.78, 5) is 15.2. The Bertz CT molecular complexity index is 1220. The van der Waals surface area contributed by atoms with Gasteiger partial charge in [0.2, 0.25) is 10.1 Å². The van der Waals surface area contributed by atoms with Crippen molar-refractivity contribution in [3.63, 3.8) is 0 Å². The smallest absolute Gasteiger partial charge is 0.456 e. The summed E-state index contributed by atoms with van der Waals surface area (Å²) in [7, 11) is -3.90. The molecule has 18 heteroatoms. The fraction of sp³-hybridized carbons (Fsp3) is 0.500. The molecular weight excluding hydrogens is 552 g/mol. The Labute approximate surface area is 202 Å². The normalized spacial score (nSPS) is 15.8. The van der Waals surface area contributed by atoms with Gasteiger partial charge >= 0.3 is 18.3 Å². The molecule has 0 atom stereocenters. The van der Waals surface area contributed by atoms with Gasteiger partial charge < -0.3 is 14.5 Å². The second-order valence-electron chi connectivity index (χ2n) is 7.59. The molecule has 1 aliphatic heterocycles. The standard InChI is InChI=1S/C18H16F8N4O4S2/c1-36(32,33)10-2-3-12(34-9-16(19,20)18(24,25)26)11(8-10)13(31)29-4-6-30(7-5-29)15-28-27-14(35-15)17(21,22)23/h2-3,8H,4-7,9H2,1H3. The number of halogens is 8. The molecule has 0 bridgehead atoms. The minimum atomic E-state index is -5.92. The topological polar surface area (TPSA) is 92.7 Å². The lowest BCUT2D eigenvalue weighted by molar-refractivity contribution is -0.290. The van der Waals surface area contributed by atoms with Gasteiger partial charge in [-0.15, -0.1) is 10.2 Å². The molecule has 0 spiro atoms. The number of hydrogen-bond donors (Lipinski definition) is 0. The Balaban J connectivity index is 1.80. The van der Waals surface area contributed by atoms with Crippen LogP contribution in [0.4, 0.5) is 40.3 Å². The number of amides is 1. The third-order valence-corrected chi connectivity index (χ3v) is 7.07. The number of carbonyl (C=O) groups excluding carboxylic acids is 1. The minimum Gasteiger partial charge on any atom is -0.486 e. The van der Waals surface area contributed by atoms with Gasteiger partial charge in [-0.05, 0) is 18.2 Å². The molecule has 1 aromatic carbocycles. The summed E-state index contributed by atoms with van der Waals surface area (Å²) < 4.78 is 131. The van der Waals surface area contributed by atoms with E-state index >= 15 is 0 Å². The van der Waals surface area contributed by atoms with Crippen LogP contribution < -0.4 is 9.64 Å². The number of hydrogen-bond acceptors (Lipinski definition) is 8. The highest BCUT2D eigenvalue weighted by Gasteiger charge is 2.58. The van der Waals surface area contributed by atoms with E-state index in [1.165, 1.54) is 4.90 Å². The van der Waals surface area contributed by atoms with Gasteiger partial charge in [0.15, 0.2) is 16.4 Å². The van der Waals surface area contributed by atoms with Crippen LogP contribution in [0.25, 0.3) is 0 Å². The maximum atomic E-state index is 13.3. The number of anilines is 1. The van der Waals surface area contributed by atoms with E-state index in [9.17, 15) is 48.3 Å². The molecular formula is C18H16F8N4O4S2. The van der Waals surface area contributed by atoms with E-state index in [1.807, 2.05) is 0 Å². The van der Waals surface area contributed by atoms with Crippen molar-refractivity contribution in [1.29, 1.82) is 0 Å². The van der Waals surface area contributed by atoms with Crippen molar-refractivity contribution >= 4 is 32.2 Å². The van der Waals surface area contributed by atoms with Crippen LogP contribution in [-0.2, 0) is 16.0 Å². The fourth-order valence-corrected chi connectivity index (χ4v) is 4.42. The lowest BCUT2D eigenvalue weighted by atomic mass is 10.1. The zero-order valence-electron chi connectivity index (χ0n) is 18.0. The maximum Gasteiger partial charge on any atom is 0.456 e. The highest BCUT2D eigenvalue weighted by atomic mass is 32.2. The number of aromatic nitrogens is 2. The van der Waals surface area contributed by atoms with E-state index in [-0.39, 0.29) is 31.3 Å². The summed E-state index contributed by atoms with van der Waals surface area (Å²) in [5.41, 5.74) is -0.570. The van der Waals surface area contributed by atoms with Gasteiger partial charge in [-0.25, -0.2) is 8.42 Å². The molecule has 2 aromatic rings. The molecule has 1 aliphatic rings. The molecule has 0 aliphatic carbocycles. The number of ether oxygens (including phenoxy) is 1. The molecule has 0 unspecified atom stereocenters. The molecule has 36 heavy (non-hydrogen) atoms. The van der Waals surface area contributed by atoms with Crippen LogP contribution in [0.1, 0.15) is 15.4 Å². The van der Waals surface area contributed by atoms with Crippen LogP contribution in [0.2, 0.25) is 0 Å². The molecule has 0 saturated carbocycles. The molecule has 200 valence electrons. The van der Waals surface area contributed by atoms with Gasteiger partial charge in [0.25, 0.3) is 5.91 Å². The van der Waals surface area contributed by atoms with Crippen molar-refractivity contribution in [3.8, 4) is 5.75 Å². The average molecular weight is 568 g/mol. The van der Waals surface area contributed by atoms with Crippen LogP contribution >= 0.6 is 11.3 Å². The highest BCUT2D eigenvalue weighted by Crippen LogP contribution is 2.37. The van der Waals surface area contributed by atoms with Crippen molar-refractivity contribution in [2.45, 2.75) is 23.2 Å². The van der Waals surface area contributed by atoms with E-state index in [0.717, 1.165) is 29.4 Å². The van der Waals surface area contributed by atoms with E-state index in [2.05, 4.69) is 14.9 Å². The van der Waals surface area contributed by atoms with E-state index in [1.54, 1.807) is 0 Å². The molecule has 1 amide bonds. The maximum absolute atomic E-state index is 13.3. The van der Waals surface area contributed by atoms with Gasteiger partial charge in [-0.1, -0.05) is 11.3 Å². The van der Waals surface area contributed by atoms with Crippen molar-refractivity contribution in [2.24, 2.45) is 0 Å². The number of alkyl halides is 8. The van der Waals surface area contributed by atoms with Crippen LogP contribution in [0.15, 0.2) is 23.1 Å². The minimum absolute atomic E-state index is 0.00761. The fourth-order valence-electron chi connectivity index (χ4n) is 3.01. The van der Waals surface area contributed by atoms with E-state index in [0.29, 0.717) is 11.3 Å². The second kappa shape index (κ2) is 9.60. The first-order chi connectivity index (χ1) is 16.4. The molecule has 0 radical (unpaired) electrons. The lowest BCUT2D eigenvalue weighted by Gasteiger charge is -2.34. The number of sulfone groups is 1. The molecule has 3 rings (SSSR count). The number of rotatable bonds is 6. The zero-order chi connectivity index (χ0) is 27.1. The van der Waals surface area contributed by atoms with Gasteiger partial charge in [-0.2, -0.15) is 35.1 Å². The van der Waals surface area contributed by atoms with Crippen LogP contribution in [0, 0.1) is 0 Å². The first-order valence-electron chi connectivity index (χ1n) is 9.76. The SMILES string of the molecule is CS(=O)(=O)c1ccc(OCC(F)(F)C(F)(F)F)c(C(=O)N2CCN(c3nnc(C(F)(F)F)s3)CC2)c1. The predicted molar refractivity (Wildman–Crippen MR) is 109 cm³/mol. The van der Waals surface area contributed by atoms with Gasteiger partial charge in [0, 0.05) is 32.4 Å². The summed E-state index contributed by atoms with van der Waals surface area (Å²) >= 11 is 0.296. The Kier molecular flexibility index (Phi) is 7.42. The summed E-state index contributed by atoms with van der Waals surface area (Å²) in [5, 5.41) is 5.34. The highest BCUT2D eigenvalue weighted by molar-refractivity contribution is 7.90.